The molecular formula is C21H22F2N2. The maximum Gasteiger partial charge on any atom is 0.150 e. The number of benzene rings is 2. The van der Waals surface area contributed by atoms with Gasteiger partial charge in [-0.15, -0.1) is 0 Å². The first-order valence-electron chi connectivity index (χ1n) is 8.87. The number of nitrogens with zero attached hydrogens (tertiary/aromatic N) is 1. The zero-order valence-electron chi connectivity index (χ0n) is 14.4. The molecular weight excluding hydrogens is 318 g/mol. The highest BCUT2D eigenvalue weighted by Gasteiger charge is 2.26. The largest absolute Gasteiger partial charge is 0.355 e. The van der Waals surface area contributed by atoms with Gasteiger partial charge >= 0.3 is 0 Å². The Kier molecular flexibility index (Phi) is 4.30. The summed E-state index contributed by atoms with van der Waals surface area (Å²) in [5.41, 5.74) is 3.93. The van der Waals surface area contributed by atoms with Gasteiger partial charge in [0.05, 0.1) is 11.6 Å². The summed E-state index contributed by atoms with van der Waals surface area (Å²) in [6.07, 6.45) is 3.36. The van der Waals surface area contributed by atoms with Crippen LogP contribution in [0.4, 0.5) is 8.78 Å². The molecule has 1 atom stereocenters. The topological polar surface area (TPSA) is 19.0 Å². The minimum absolute atomic E-state index is 0.212. The van der Waals surface area contributed by atoms with Crippen molar-refractivity contribution in [2.24, 2.45) is 0 Å². The van der Waals surface area contributed by atoms with Crippen LogP contribution in [0.3, 0.4) is 0 Å². The van der Waals surface area contributed by atoms with Crippen molar-refractivity contribution in [3.05, 3.63) is 70.9 Å². The summed E-state index contributed by atoms with van der Waals surface area (Å²) in [7, 11) is 0. The molecule has 1 unspecified atom stereocenters. The van der Waals surface area contributed by atoms with E-state index in [-0.39, 0.29) is 6.04 Å². The molecule has 1 aromatic heterocycles. The lowest BCUT2D eigenvalue weighted by molar-refractivity contribution is 0.138. The van der Waals surface area contributed by atoms with Crippen LogP contribution in [-0.2, 0) is 6.54 Å². The number of hydrogen-bond acceptors (Lipinski definition) is 1. The van der Waals surface area contributed by atoms with Crippen molar-refractivity contribution in [2.75, 3.05) is 6.54 Å². The van der Waals surface area contributed by atoms with Gasteiger partial charge in [-0.1, -0.05) is 36.2 Å². The van der Waals surface area contributed by atoms with E-state index in [9.17, 15) is 8.78 Å². The smallest absolute Gasteiger partial charge is 0.150 e. The monoisotopic (exact) mass is 340 g/mol. The highest BCUT2D eigenvalue weighted by molar-refractivity contribution is 5.81. The van der Waals surface area contributed by atoms with Crippen LogP contribution in [-0.4, -0.2) is 16.4 Å². The van der Waals surface area contributed by atoms with E-state index in [1.807, 2.05) is 6.07 Å². The van der Waals surface area contributed by atoms with Crippen LogP contribution < -0.4 is 0 Å². The molecule has 25 heavy (non-hydrogen) atoms. The summed E-state index contributed by atoms with van der Waals surface area (Å²) in [5, 5.41) is 0.605. The number of halogens is 2. The number of rotatable bonds is 3. The second-order valence-electron chi connectivity index (χ2n) is 7.05. The van der Waals surface area contributed by atoms with Crippen molar-refractivity contribution in [3.63, 3.8) is 0 Å². The normalized spacial score (nSPS) is 18.8. The first kappa shape index (κ1) is 16.3. The van der Waals surface area contributed by atoms with E-state index in [1.165, 1.54) is 23.6 Å². The Bertz CT molecular complexity index is 900. The average molecular weight is 340 g/mol. The fraction of sp³-hybridized carbons (Fsp3) is 0.333. The third-order valence-corrected chi connectivity index (χ3v) is 5.11. The van der Waals surface area contributed by atoms with Crippen molar-refractivity contribution in [1.29, 1.82) is 0 Å². The average Bonchev–Trinajstić information content (AvgIpc) is 2.99. The van der Waals surface area contributed by atoms with Crippen LogP contribution >= 0.6 is 0 Å². The lowest BCUT2D eigenvalue weighted by atomic mass is 9.98. The molecule has 4 heteroatoms. The van der Waals surface area contributed by atoms with Crippen LogP contribution in [0.1, 0.15) is 42.1 Å². The Morgan fingerprint density at radius 3 is 2.84 bits per heavy atom. The zero-order valence-corrected chi connectivity index (χ0v) is 14.4. The van der Waals surface area contributed by atoms with Gasteiger partial charge in [0.2, 0.25) is 0 Å². The molecule has 130 valence electrons. The number of aromatic nitrogens is 1. The second-order valence-corrected chi connectivity index (χ2v) is 7.05. The van der Waals surface area contributed by atoms with E-state index in [0.717, 1.165) is 37.7 Å². The fourth-order valence-electron chi connectivity index (χ4n) is 3.94. The van der Waals surface area contributed by atoms with E-state index < -0.39 is 11.6 Å². The van der Waals surface area contributed by atoms with E-state index in [0.29, 0.717) is 10.9 Å². The standard InChI is InChI=1S/C21H22F2N2/c1-14-5-4-6-15(9-14)13-25-8-3-2-7-20(25)19-11-16-10-17(22)12-18(23)21(16)24-19/h4-6,9-12,20,24H,2-3,7-8,13H2,1H3. The Morgan fingerprint density at radius 1 is 1.12 bits per heavy atom. The second kappa shape index (κ2) is 6.60. The van der Waals surface area contributed by atoms with Gasteiger partial charge < -0.3 is 4.98 Å². The lowest BCUT2D eigenvalue weighted by Gasteiger charge is -2.35. The Balaban J connectivity index is 1.66. The van der Waals surface area contributed by atoms with Gasteiger partial charge in [-0.25, -0.2) is 8.78 Å². The predicted molar refractivity (Wildman–Crippen MR) is 96.4 cm³/mol. The minimum Gasteiger partial charge on any atom is -0.355 e. The maximum atomic E-state index is 14.0. The maximum absolute atomic E-state index is 14.0. The van der Waals surface area contributed by atoms with Crippen LogP contribution in [0.15, 0.2) is 42.5 Å². The lowest BCUT2D eigenvalue weighted by Crippen LogP contribution is -2.33. The number of piperidine rings is 1. The molecule has 3 aromatic rings. The first-order valence-corrected chi connectivity index (χ1v) is 8.87. The van der Waals surface area contributed by atoms with Gasteiger partial charge in [0.15, 0.2) is 0 Å². The molecule has 2 aromatic carbocycles. The highest BCUT2D eigenvalue weighted by atomic mass is 19.1. The van der Waals surface area contributed by atoms with Crippen molar-refractivity contribution in [2.45, 2.75) is 38.8 Å². The molecule has 1 N–H and O–H groups in total. The number of aryl methyl sites for hydroxylation is 1. The number of aromatic amines is 1. The van der Waals surface area contributed by atoms with Gasteiger partial charge in [-0.2, -0.15) is 0 Å². The highest BCUT2D eigenvalue weighted by Crippen LogP contribution is 2.34. The fourth-order valence-corrected chi connectivity index (χ4v) is 3.94. The molecule has 4 rings (SSSR count). The summed E-state index contributed by atoms with van der Waals surface area (Å²) >= 11 is 0. The summed E-state index contributed by atoms with van der Waals surface area (Å²) in [6, 6.07) is 13.0. The third-order valence-electron chi connectivity index (χ3n) is 5.11. The molecule has 0 radical (unpaired) electrons. The molecule has 1 saturated heterocycles. The summed E-state index contributed by atoms with van der Waals surface area (Å²) in [6.45, 7) is 4.00. The molecule has 1 fully saturated rings. The molecule has 0 amide bonds. The van der Waals surface area contributed by atoms with Crippen molar-refractivity contribution >= 4 is 10.9 Å². The van der Waals surface area contributed by atoms with Crippen molar-refractivity contribution < 1.29 is 8.78 Å². The molecule has 1 aliphatic heterocycles. The van der Waals surface area contributed by atoms with Gasteiger partial charge in [-0.3, -0.25) is 4.90 Å². The number of nitrogens with one attached hydrogen (secondary N) is 1. The van der Waals surface area contributed by atoms with Crippen molar-refractivity contribution in [1.82, 2.24) is 9.88 Å². The molecule has 0 saturated carbocycles. The first-order chi connectivity index (χ1) is 12.1. The number of hydrogen-bond donors (Lipinski definition) is 1. The Labute approximate surface area is 146 Å². The van der Waals surface area contributed by atoms with Crippen LogP contribution in [0, 0.1) is 18.6 Å². The number of H-pyrrole nitrogens is 1. The van der Waals surface area contributed by atoms with E-state index in [2.05, 4.69) is 41.1 Å². The molecule has 2 heterocycles. The summed E-state index contributed by atoms with van der Waals surface area (Å²) < 4.78 is 27.5. The van der Waals surface area contributed by atoms with Gasteiger partial charge in [0.1, 0.15) is 11.6 Å². The summed E-state index contributed by atoms with van der Waals surface area (Å²) in [4.78, 5) is 5.65. The van der Waals surface area contributed by atoms with Crippen LogP contribution in [0.25, 0.3) is 10.9 Å². The van der Waals surface area contributed by atoms with E-state index in [4.69, 9.17) is 0 Å². The Hall–Kier alpha value is -2.20. The number of likely N-dealkylation sites (tertiary alicyclic amines) is 1. The predicted octanol–water partition coefficient (Wildman–Crippen LogP) is 5.48. The van der Waals surface area contributed by atoms with Gasteiger partial charge in [0.25, 0.3) is 0 Å². The van der Waals surface area contributed by atoms with Crippen LogP contribution in [0.5, 0.6) is 0 Å². The van der Waals surface area contributed by atoms with Gasteiger partial charge in [-0.05, 0) is 44.0 Å². The SMILES string of the molecule is Cc1cccc(CN2CCCCC2c2cc3cc(F)cc(F)c3[nH]2)c1. The van der Waals surface area contributed by atoms with Crippen LogP contribution in [0.2, 0.25) is 0 Å². The van der Waals surface area contributed by atoms with E-state index in [1.54, 1.807) is 0 Å². The molecule has 0 aliphatic carbocycles. The van der Waals surface area contributed by atoms with Crippen molar-refractivity contribution in [3.8, 4) is 0 Å². The number of fused-ring (bicyclic) bond motifs is 1. The quantitative estimate of drug-likeness (QED) is 0.669. The third kappa shape index (κ3) is 3.31. The van der Waals surface area contributed by atoms with E-state index >= 15 is 0 Å². The minimum atomic E-state index is -0.532. The molecule has 2 nitrogen and oxygen atoms in total. The molecule has 0 bridgehead atoms. The Morgan fingerprint density at radius 2 is 2.00 bits per heavy atom. The molecule has 1 aliphatic rings. The molecule has 0 spiro atoms. The zero-order chi connectivity index (χ0) is 17.4. The van der Waals surface area contributed by atoms with Gasteiger partial charge in [0, 0.05) is 23.7 Å². The summed E-state index contributed by atoms with van der Waals surface area (Å²) in [5.74, 6) is -1.06.